The fraction of sp³-hybridized carbons (Fsp3) is 0.533. The molecule has 3 nitrogen and oxygen atoms in total. The summed E-state index contributed by atoms with van der Waals surface area (Å²) in [4.78, 5) is 6.60. The maximum atomic E-state index is 14.2. The second-order valence-electron chi connectivity index (χ2n) is 5.63. The highest BCUT2D eigenvalue weighted by atomic mass is 35.5. The first-order valence-corrected chi connectivity index (χ1v) is 7.74. The summed E-state index contributed by atoms with van der Waals surface area (Å²) >= 11 is 5.94. The van der Waals surface area contributed by atoms with Crippen LogP contribution in [0.2, 0.25) is 0 Å². The molecule has 1 saturated heterocycles. The van der Waals surface area contributed by atoms with Gasteiger partial charge >= 0.3 is 0 Å². The molecule has 6 heteroatoms. The molecule has 1 atom stereocenters. The van der Waals surface area contributed by atoms with Gasteiger partial charge in [-0.1, -0.05) is 6.42 Å². The number of hydrogen-bond acceptors (Lipinski definition) is 2. The fourth-order valence-corrected chi connectivity index (χ4v) is 3.29. The fourth-order valence-electron chi connectivity index (χ4n) is 3.09. The average Bonchev–Trinajstić information content (AvgIpc) is 2.84. The third kappa shape index (κ3) is 2.64. The largest absolute Gasteiger partial charge is 0.323 e. The minimum atomic E-state index is -0.846. The highest BCUT2D eigenvalue weighted by Crippen LogP contribution is 2.25. The number of benzene rings is 1. The van der Waals surface area contributed by atoms with Gasteiger partial charge in [-0.25, -0.2) is 13.8 Å². The number of alkyl halides is 1. The van der Waals surface area contributed by atoms with Crippen LogP contribution in [-0.4, -0.2) is 34.1 Å². The molecule has 114 valence electrons. The topological polar surface area (TPSA) is 21.1 Å². The smallest absolute Gasteiger partial charge is 0.184 e. The van der Waals surface area contributed by atoms with Gasteiger partial charge < -0.3 is 9.47 Å². The van der Waals surface area contributed by atoms with Crippen molar-refractivity contribution in [3.63, 3.8) is 0 Å². The Morgan fingerprint density at radius 1 is 1.33 bits per heavy atom. The van der Waals surface area contributed by atoms with Gasteiger partial charge in [-0.3, -0.25) is 0 Å². The van der Waals surface area contributed by atoms with Crippen LogP contribution in [0.3, 0.4) is 0 Å². The molecule has 0 aliphatic carbocycles. The standard InChI is InChI=1S/C15H18ClF2N3/c1-20-7-3-2-4-10(20)9-21-13(8-16)19-12-6-5-11(17)14(18)15(12)21/h5-6,10H,2-4,7-9H2,1H3. The van der Waals surface area contributed by atoms with Crippen molar-refractivity contribution in [2.75, 3.05) is 13.6 Å². The summed E-state index contributed by atoms with van der Waals surface area (Å²) in [5.41, 5.74) is 0.688. The van der Waals surface area contributed by atoms with Gasteiger partial charge in [-0.2, -0.15) is 0 Å². The number of hydrogen-bond donors (Lipinski definition) is 0. The van der Waals surface area contributed by atoms with Crippen molar-refractivity contribution in [3.05, 3.63) is 29.6 Å². The van der Waals surface area contributed by atoms with Gasteiger partial charge in [-0.15, -0.1) is 11.6 Å². The quantitative estimate of drug-likeness (QED) is 0.808. The number of fused-ring (bicyclic) bond motifs is 1. The van der Waals surface area contributed by atoms with E-state index in [9.17, 15) is 8.78 Å². The van der Waals surface area contributed by atoms with Crippen LogP contribution < -0.4 is 0 Å². The molecule has 1 aliphatic heterocycles. The summed E-state index contributed by atoms with van der Waals surface area (Å²) in [6.45, 7) is 1.62. The van der Waals surface area contributed by atoms with Gasteiger partial charge in [0.2, 0.25) is 0 Å². The van der Waals surface area contributed by atoms with E-state index in [1.54, 1.807) is 4.57 Å². The monoisotopic (exact) mass is 313 g/mol. The zero-order valence-corrected chi connectivity index (χ0v) is 12.7. The Kier molecular flexibility index (Phi) is 4.13. The summed E-state index contributed by atoms with van der Waals surface area (Å²) in [6, 6.07) is 2.92. The normalized spacial score (nSPS) is 20.3. The Hall–Kier alpha value is -1.20. The van der Waals surface area contributed by atoms with Crippen LogP contribution in [0.25, 0.3) is 11.0 Å². The number of halogens is 3. The van der Waals surface area contributed by atoms with Crippen molar-refractivity contribution in [1.29, 1.82) is 0 Å². The molecular formula is C15H18ClF2N3. The summed E-state index contributed by atoms with van der Waals surface area (Å²) < 4.78 is 29.4. The van der Waals surface area contributed by atoms with Gasteiger partial charge in [0, 0.05) is 12.6 Å². The number of nitrogens with zero attached hydrogens (tertiary/aromatic N) is 3. The molecule has 2 aromatic rings. The van der Waals surface area contributed by atoms with E-state index in [0.717, 1.165) is 25.5 Å². The highest BCUT2D eigenvalue weighted by Gasteiger charge is 2.23. The second-order valence-corrected chi connectivity index (χ2v) is 5.90. The Balaban J connectivity index is 2.05. The van der Waals surface area contributed by atoms with Crippen LogP contribution in [0.1, 0.15) is 25.1 Å². The molecule has 0 amide bonds. The summed E-state index contributed by atoms with van der Waals surface area (Å²) in [6.07, 6.45) is 3.40. The molecule has 1 aliphatic rings. The van der Waals surface area contributed by atoms with Crippen LogP contribution in [0.5, 0.6) is 0 Å². The molecule has 1 aromatic carbocycles. The van der Waals surface area contributed by atoms with Gasteiger partial charge in [0.15, 0.2) is 11.6 Å². The van der Waals surface area contributed by atoms with Gasteiger partial charge in [0.25, 0.3) is 0 Å². The van der Waals surface area contributed by atoms with Gasteiger partial charge in [0.1, 0.15) is 11.3 Å². The van der Waals surface area contributed by atoms with Crippen LogP contribution in [0.15, 0.2) is 12.1 Å². The second kappa shape index (κ2) is 5.89. The van der Waals surface area contributed by atoms with Crippen LogP contribution in [0, 0.1) is 11.6 Å². The van der Waals surface area contributed by atoms with Crippen LogP contribution in [0.4, 0.5) is 8.78 Å². The Labute approximate surface area is 127 Å². The van der Waals surface area contributed by atoms with E-state index in [1.165, 1.54) is 12.5 Å². The molecule has 1 fully saturated rings. The Morgan fingerprint density at radius 3 is 2.86 bits per heavy atom. The number of piperidine rings is 1. The predicted octanol–water partition coefficient (Wildman–Crippen LogP) is 3.54. The zero-order valence-electron chi connectivity index (χ0n) is 12.0. The van der Waals surface area contributed by atoms with Crippen molar-refractivity contribution in [3.8, 4) is 0 Å². The van der Waals surface area contributed by atoms with Crippen molar-refractivity contribution < 1.29 is 8.78 Å². The first kappa shape index (κ1) is 14.7. The van der Waals surface area contributed by atoms with E-state index >= 15 is 0 Å². The summed E-state index contributed by atoms with van der Waals surface area (Å²) in [7, 11) is 2.07. The van der Waals surface area contributed by atoms with Crippen LogP contribution >= 0.6 is 11.6 Å². The molecule has 0 saturated carbocycles. The maximum absolute atomic E-state index is 14.2. The summed E-state index contributed by atoms with van der Waals surface area (Å²) in [5, 5.41) is 0. The van der Waals surface area contributed by atoms with Gasteiger partial charge in [0.05, 0.1) is 11.4 Å². The molecule has 1 aromatic heterocycles. The number of rotatable bonds is 3. The lowest BCUT2D eigenvalue weighted by molar-refractivity contribution is 0.167. The first-order valence-electron chi connectivity index (χ1n) is 7.21. The third-order valence-electron chi connectivity index (χ3n) is 4.31. The Morgan fingerprint density at radius 2 is 2.14 bits per heavy atom. The molecule has 2 heterocycles. The number of aromatic nitrogens is 2. The maximum Gasteiger partial charge on any atom is 0.184 e. The van der Waals surface area contributed by atoms with Crippen LogP contribution in [-0.2, 0) is 12.4 Å². The first-order chi connectivity index (χ1) is 10.1. The van der Waals surface area contributed by atoms with E-state index in [2.05, 4.69) is 16.9 Å². The molecule has 0 spiro atoms. The van der Waals surface area contributed by atoms with Crippen molar-refractivity contribution in [2.45, 2.75) is 37.7 Å². The minimum absolute atomic E-state index is 0.187. The van der Waals surface area contributed by atoms with E-state index in [1.807, 2.05) is 0 Å². The zero-order chi connectivity index (χ0) is 15.0. The molecule has 3 rings (SSSR count). The lowest BCUT2D eigenvalue weighted by Gasteiger charge is -2.33. The number of likely N-dealkylation sites (N-methyl/N-ethyl adjacent to an activating group) is 1. The summed E-state index contributed by atoms with van der Waals surface area (Å²) in [5.74, 6) is -0.904. The van der Waals surface area contributed by atoms with E-state index in [4.69, 9.17) is 11.6 Å². The van der Waals surface area contributed by atoms with E-state index in [0.29, 0.717) is 23.9 Å². The molecular weight excluding hydrogens is 296 g/mol. The molecule has 21 heavy (non-hydrogen) atoms. The third-order valence-corrected chi connectivity index (χ3v) is 4.55. The molecule has 0 radical (unpaired) electrons. The molecule has 0 N–H and O–H groups in total. The highest BCUT2D eigenvalue weighted by molar-refractivity contribution is 6.16. The molecule has 1 unspecified atom stereocenters. The lowest BCUT2D eigenvalue weighted by Crippen LogP contribution is -2.39. The van der Waals surface area contributed by atoms with Crippen molar-refractivity contribution in [2.24, 2.45) is 0 Å². The minimum Gasteiger partial charge on any atom is -0.323 e. The number of likely N-dealkylation sites (tertiary alicyclic amines) is 1. The predicted molar refractivity (Wildman–Crippen MR) is 79.5 cm³/mol. The van der Waals surface area contributed by atoms with E-state index < -0.39 is 11.6 Å². The average molecular weight is 314 g/mol. The SMILES string of the molecule is CN1CCCCC1Cn1c(CCl)nc2ccc(F)c(F)c21. The van der Waals surface area contributed by atoms with Gasteiger partial charge in [-0.05, 0) is 38.6 Å². The Bertz CT molecular complexity index is 656. The van der Waals surface area contributed by atoms with Crippen molar-refractivity contribution in [1.82, 2.24) is 14.5 Å². The molecule has 0 bridgehead atoms. The van der Waals surface area contributed by atoms with E-state index in [-0.39, 0.29) is 11.4 Å². The lowest BCUT2D eigenvalue weighted by atomic mass is 10.0. The number of imidazole rings is 1. The van der Waals surface area contributed by atoms with Crippen molar-refractivity contribution >= 4 is 22.6 Å².